The smallest absolute Gasteiger partial charge is 0.121 e. The molecule has 0 saturated carbocycles. The van der Waals surface area contributed by atoms with Gasteiger partial charge < -0.3 is 9.40 Å². The van der Waals surface area contributed by atoms with E-state index in [1.54, 1.807) is 26.8 Å². The molecule has 0 aliphatic rings. The Morgan fingerprint density at radius 3 is 2.34 bits per heavy atom. The van der Waals surface area contributed by atoms with Crippen molar-refractivity contribution in [1.82, 2.24) is 9.97 Å². The number of benzene rings is 5. The third kappa shape index (κ3) is 8.21. The summed E-state index contributed by atoms with van der Waals surface area (Å²) in [6.45, 7) is 6.00. The van der Waals surface area contributed by atoms with Crippen LogP contribution in [0.25, 0.3) is 66.0 Å². The van der Waals surface area contributed by atoms with Crippen LogP contribution in [0.1, 0.15) is 68.2 Å². The van der Waals surface area contributed by atoms with Gasteiger partial charge in [0, 0.05) is 38.5 Å². The number of nitrogens with zero attached hydrogens (tertiary/aromatic N) is 2. The van der Waals surface area contributed by atoms with Crippen molar-refractivity contribution in [2.75, 3.05) is 0 Å². The molecule has 0 aliphatic carbocycles. The van der Waals surface area contributed by atoms with Crippen LogP contribution in [0.2, 0.25) is 17.3 Å². The van der Waals surface area contributed by atoms with E-state index in [0.717, 1.165) is 49.1 Å². The first-order chi connectivity index (χ1) is 27.9. The van der Waals surface area contributed by atoms with Crippen molar-refractivity contribution >= 4 is 61.1 Å². The van der Waals surface area contributed by atoms with E-state index in [0.29, 0.717) is 11.2 Å². The predicted molar refractivity (Wildman–Crippen MR) is 224 cm³/mol. The maximum absolute atomic E-state index is 9.06. The first kappa shape index (κ1) is 29.3. The van der Waals surface area contributed by atoms with Crippen molar-refractivity contribution < 1.29 is 35.5 Å². The fourth-order valence-electron chi connectivity index (χ4n) is 6.55. The molecule has 53 heavy (non-hydrogen) atoms. The fraction of sp³-hybridized carbons (Fsp3) is 0.250. The van der Waals surface area contributed by atoms with Gasteiger partial charge in [0.05, 0.1) is 8.32 Å². The molecule has 0 saturated heterocycles. The van der Waals surface area contributed by atoms with Crippen molar-refractivity contribution in [3.05, 3.63) is 138 Å². The van der Waals surface area contributed by atoms with Gasteiger partial charge in [-0.05, 0) is 63.6 Å². The van der Waals surface area contributed by atoms with Crippen LogP contribution in [0.15, 0.2) is 114 Å². The first-order valence-corrected chi connectivity index (χ1v) is 24.9. The van der Waals surface area contributed by atoms with E-state index in [9.17, 15) is 0 Å². The van der Waals surface area contributed by atoms with Crippen LogP contribution in [0.5, 0.6) is 0 Å². The van der Waals surface area contributed by atoms with E-state index in [1.807, 2.05) is 68.6 Å². The summed E-state index contributed by atoms with van der Waals surface area (Å²) in [6, 6.07) is 35.7. The molecule has 8 rings (SSSR count). The second-order valence-electron chi connectivity index (χ2n) is 15.5. The van der Waals surface area contributed by atoms with Crippen LogP contribution < -0.4 is 4.40 Å². The normalized spacial score (nSPS) is 14.9. The Labute approximate surface area is 342 Å². The Balaban J connectivity index is 0.000000250. The molecule has 5 heteroatoms. The molecule has 0 unspecified atom stereocenters. The summed E-state index contributed by atoms with van der Waals surface area (Å²) < 4.78 is 75.6. The predicted octanol–water partition coefficient (Wildman–Crippen LogP) is 12.9. The molecule has 8 aromatic rings. The van der Waals surface area contributed by atoms with Crippen molar-refractivity contribution in [3.63, 3.8) is 0 Å². The molecule has 0 amide bonds. The number of hydrogen-bond acceptors (Lipinski definition) is 3. The second kappa shape index (κ2) is 15.3. The fourth-order valence-corrected chi connectivity index (χ4v) is 9.87. The number of fused-ring (bicyclic) bond motifs is 6. The third-order valence-electron chi connectivity index (χ3n) is 9.04. The summed E-state index contributed by atoms with van der Waals surface area (Å²) in [6.07, 6.45) is -0.836. The molecule has 0 aliphatic heterocycles. The minimum atomic E-state index is -2.83. The van der Waals surface area contributed by atoms with Gasteiger partial charge >= 0.3 is 120 Å². The molecule has 0 atom stereocenters. The van der Waals surface area contributed by atoms with E-state index in [-0.39, 0.29) is 43.0 Å². The number of hydrogen-bond donors (Lipinski definition) is 0. The summed E-state index contributed by atoms with van der Waals surface area (Å²) in [7, 11) is 0. The van der Waals surface area contributed by atoms with E-state index >= 15 is 0 Å². The molecule has 5 aromatic carbocycles. The number of furan rings is 1. The van der Waals surface area contributed by atoms with Crippen molar-refractivity contribution in [3.8, 4) is 22.5 Å². The molecule has 1 radical (unpaired) electrons. The molecule has 0 spiro atoms. The van der Waals surface area contributed by atoms with Crippen LogP contribution in [0.3, 0.4) is 0 Å². The maximum atomic E-state index is 9.06. The molecular formula is C48H48GeIrN2O-2. The van der Waals surface area contributed by atoms with Crippen LogP contribution in [-0.4, -0.2) is 23.2 Å². The van der Waals surface area contributed by atoms with E-state index in [2.05, 4.69) is 75.8 Å². The van der Waals surface area contributed by atoms with Crippen molar-refractivity contribution in [1.29, 1.82) is 0 Å². The van der Waals surface area contributed by atoms with Crippen LogP contribution in [0.4, 0.5) is 0 Å². The largest absolute Gasteiger partial charge is 0.501 e. The van der Waals surface area contributed by atoms with Crippen LogP contribution in [-0.2, 0) is 26.5 Å². The number of rotatable bonds is 5. The van der Waals surface area contributed by atoms with Gasteiger partial charge in [-0.2, -0.15) is 0 Å². The van der Waals surface area contributed by atoms with Crippen molar-refractivity contribution in [2.24, 2.45) is 5.41 Å². The van der Waals surface area contributed by atoms with Gasteiger partial charge in [-0.1, -0.05) is 79.7 Å². The van der Waals surface area contributed by atoms with Gasteiger partial charge in [0.2, 0.25) is 0 Å². The summed E-state index contributed by atoms with van der Waals surface area (Å²) in [4.78, 5) is 8.87. The maximum Gasteiger partial charge on any atom is 0.121 e. The van der Waals surface area contributed by atoms with Crippen LogP contribution >= 0.6 is 0 Å². The van der Waals surface area contributed by atoms with Gasteiger partial charge in [0.1, 0.15) is 5.58 Å². The zero-order chi connectivity index (χ0) is 43.7. The summed E-state index contributed by atoms with van der Waals surface area (Å²) in [5.41, 5.74) is 2.32. The summed E-state index contributed by atoms with van der Waals surface area (Å²) in [5, 5.41) is 5.89. The van der Waals surface area contributed by atoms with Gasteiger partial charge in [0.25, 0.3) is 0 Å². The zero-order valence-corrected chi connectivity index (χ0v) is 35.9. The van der Waals surface area contributed by atoms with E-state index in [1.165, 1.54) is 4.40 Å². The Morgan fingerprint density at radius 2 is 1.62 bits per heavy atom. The summed E-state index contributed by atoms with van der Waals surface area (Å²) in [5.74, 6) is 6.45. The number of aromatic nitrogens is 2. The Hall–Kier alpha value is -4.09. The second-order valence-corrected chi connectivity index (χ2v) is 26.1. The van der Waals surface area contributed by atoms with Crippen LogP contribution in [0, 0.1) is 24.4 Å². The van der Waals surface area contributed by atoms with E-state index < -0.39 is 49.5 Å². The molecule has 3 heterocycles. The average molecular weight is 942 g/mol. The minimum Gasteiger partial charge on any atom is -0.501 e. The SMILES string of the molecule is [2H]C(C)(C)c1cc(-c2[c-]cccc2)nc[c]1[Ge]([CH3])([CH3])[CH3].[2H]c1nc(-c2[c-]ccc3c2oc2cc4c(ccc5ccccc54)cc23)c([2H])c(C([2H])([2H])C(C)(C)C)c1C([2H])([2H])[2H].[Ir]. The van der Waals surface area contributed by atoms with Crippen molar-refractivity contribution in [2.45, 2.75) is 71.0 Å². The molecule has 0 bridgehead atoms. The summed E-state index contributed by atoms with van der Waals surface area (Å²) >= 11 is -2.03. The monoisotopic (exact) mass is 943 g/mol. The van der Waals surface area contributed by atoms with Gasteiger partial charge in [-0.3, -0.25) is 0 Å². The molecule has 3 nitrogen and oxygen atoms in total. The first-order valence-electron chi connectivity index (χ1n) is 21.6. The number of pyridine rings is 2. The Morgan fingerprint density at radius 1 is 0.849 bits per heavy atom. The minimum absolute atomic E-state index is 0. The van der Waals surface area contributed by atoms with E-state index in [4.69, 9.17) is 15.4 Å². The third-order valence-corrected chi connectivity index (χ3v) is 13.3. The molecule has 0 fully saturated rings. The standard InChI is InChI=1S/C31H26NO.C17H22GeN.Ir/c1-19-18-32-28(15-22(19)17-31(2,3)4)25-11-7-10-24-27-14-21-13-12-20-8-5-6-9-23(20)26(21)16-29(27)33-30(24)25;1-13(2)15-11-17(14-9-7-6-8-10-14)19-12-16(15)18(3,4)5;/h5-10,12-16,18H,17H2,1-4H3;6-9,11-13H,1-5H3;/q2*-1;/i1D3,15D,17D2,18D;13D;. The molecular weight excluding hydrogens is 885 g/mol. The molecule has 0 N–H and O–H groups in total. The average Bonchev–Trinajstić information content (AvgIpc) is 3.54. The van der Waals surface area contributed by atoms with Gasteiger partial charge in [-0.25, -0.2) is 0 Å². The van der Waals surface area contributed by atoms with Gasteiger partial charge in [-0.15, -0.1) is 18.2 Å². The Kier molecular flexibility index (Phi) is 8.48. The molecule has 3 aromatic heterocycles. The topological polar surface area (TPSA) is 38.9 Å². The van der Waals surface area contributed by atoms with Gasteiger partial charge in [0.15, 0.2) is 0 Å². The molecule has 271 valence electrons. The Bertz CT molecular complexity index is 2930. The quantitative estimate of drug-likeness (QED) is 0.0980. The zero-order valence-electron chi connectivity index (χ0n) is 39.4.